The highest BCUT2D eigenvalue weighted by molar-refractivity contribution is 7.47. The van der Waals surface area contributed by atoms with Crippen molar-refractivity contribution in [3.05, 3.63) is 48.6 Å². The van der Waals surface area contributed by atoms with Gasteiger partial charge in [0.1, 0.15) is 19.3 Å². The van der Waals surface area contributed by atoms with E-state index < -0.39 is 13.9 Å². The van der Waals surface area contributed by atoms with Crippen LogP contribution in [0, 0.1) is 0 Å². The van der Waals surface area contributed by atoms with Crippen LogP contribution in [-0.4, -0.2) is 75.6 Å². The first kappa shape index (κ1) is 51.5. The lowest BCUT2D eigenvalue weighted by molar-refractivity contribution is -0.870. The topological polar surface area (TPSA) is 91.3 Å². The van der Waals surface area contributed by atoms with Crippen LogP contribution in [0.3, 0.4) is 0 Å². The molecule has 0 amide bonds. The molecular formula is C44H83NO7P+. The summed E-state index contributed by atoms with van der Waals surface area (Å²) in [5, 5.41) is 0. The molecule has 0 spiro atoms. The second-order valence-corrected chi connectivity index (χ2v) is 16.8. The fraction of sp³-hybridized carbons (Fsp3) is 0.795. The molecule has 8 nitrogen and oxygen atoms in total. The Morgan fingerprint density at radius 1 is 0.585 bits per heavy atom. The maximum atomic E-state index is 12.6. The van der Waals surface area contributed by atoms with E-state index in [1.165, 1.54) is 103 Å². The number of carbonyl (C=O) groups excluding carboxylic acids is 1. The molecule has 0 aromatic heterocycles. The molecule has 0 radical (unpaired) electrons. The third-order valence-electron chi connectivity index (χ3n) is 8.89. The Morgan fingerprint density at radius 2 is 1.04 bits per heavy atom. The highest BCUT2D eigenvalue weighted by Crippen LogP contribution is 2.43. The number of phosphoric acid groups is 1. The molecule has 53 heavy (non-hydrogen) atoms. The van der Waals surface area contributed by atoms with Gasteiger partial charge in [-0.1, -0.05) is 159 Å². The molecule has 2 unspecified atom stereocenters. The van der Waals surface area contributed by atoms with E-state index in [4.69, 9.17) is 18.5 Å². The zero-order valence-corrected chi connectivity index (χ0v) is 35.9. The number of rotatable bonds is 39. The number of likely N-dealkylation sites (N-methyl/N-ethyl adjacent to an activating group) is 1. The monoisotopic (exact) mass is 769 g/mol. The van der Waals surface area contributed by atoms with Gasteiger partial charge < -0.3 is 18.9 Å². The molecule has 0 aliphatic heterocycles. The number of hydrogen-bond acceptors (Lipinski definition) is 6. The minimum absolute atomic E-state index is 0.0782. The lowest BCUT2D eigenvalue weighted by Gasteiger charge is -2.24. The third kappa shape index (κ3) is 41.5. The second kappa shape index (κ2) is 37.4. The van der Waals surface area contributed by atoms with Crippen molar-refractivity contribution < 1.29 is 37.3 Å². The molecule has 2 atom stereocenters. The van der Waals surface area contributed by atoms with Gasteiger partial charge in [-0.05, 0) is 51.4 Å². The van der Waals surface area contributed by atoms with Gasteiger partial charge >= 0.3 is 13.8 Å². The summed E-state index contributed by atoms with van der Waals surface area (Å²) in [7, 11) is 1.63. The lowest BCUT2D eigenvalue weighted by Crippen LogP contribution is -2.37. The molecule has 0 bridgehead atoms. The van der Waals surface area contributed by atoms with Crippen molar-refractivity contribution in [3.63, 3.8) is 0 Å². The van der Waals surface area contributed by atoms with E-state index in [0.29, 0.717) is 24.1 Å². The third-order valence-corrected chi connectivity index (χ3v) is 9.88. The van der Waals surface area contributed by atoms with E-state index in [-0.39, 0.29) is 32.2 Å². The molecule has 0 aromatic carbocycles. The summed E-state index contributed by atoms with van der Waals surface area (Å²) in [4.78, 5) is 22.8. The van der Waals surface area contributed by atoms with E-state index in [0.717, 1.165) is 38.5 Å². The van der Waals surface area contributed by atoms with Crippen LogP contribution >= 0.6 is 7.82 Å². The quantitative estimate of drug-likeness (QED) is 0.0219. The number of nitrogens with zero attached hydrogens (tertiary/aromatic N) is 1. The zero-order chi connectivity index (χ0) is 39.1. The predicted octanol–water partition coefficient (Wildman–Crippen LogP) is 12.4. The number of carbonyl (C=O) groups is 1. The molecule has 310 valence electrons. The summed E-state index contributed by atoms with van der Waals surface area (Å²) in [6.07, 6.45) is 44.3. The fourth-order valence-electron chi connectivity index (χ4n) is 5.54. The first-order chi connectivity index (χ1) is 25.6. The Kier molecular flexibility index (Phi) is 36.3. The van der Waals surface area contributed by atoms with Crippen molar-refractivity contribution in [1.82, 2.24) is 0 Å². The maximum Gasteiger partial charge on any atom is 0.472 e. The summed E-state index contributed by atoms with van der Waals surface area (Å²) in [6.45, 7) is 5.52. The summed E-state index contributed by atoms with van der Waals surface area (Å²) in [5.41, 5.74) is 0. The molecule has 1 N–H and O–H groups in total. The zero-order valence-electron chi connectivity index (χ0n) is 35.0. The Labute approximate surface area is 327 Å². The largest absolute Gasteiger partial charge is 0.472 e. The van der Waals surface area contributed by atoms with Crippen LogP contribution in [0.25, 0.3) is 0 Å². The van der Waals surface area contributed by atoms with Gasteiger partial charge in [0.25, 0.3) is 0 Å². The van der Waals surface area contributed by atoms with E-state index in [9.17, 15) is 14.3 Å². The van der Waals surface area contributed by atoms with Gasteiger partial charge in [-0.25, -0.2) is 4.57 Å². The van der Waals surface area contributed by atoms with Gasteiger partial charge in [0.05, 0.1) is 34.4 Å². The van der Waals surface area contributed by atoms with Crippen LogP contribution in [0.1, 0.15) is 168 Å². The van der Waals surface area contributed by atoms with Crippen LogP contribution in [0.4, 0.5) is 0 Å². The van der Waals surface area contributed by atoms with Crippen LogP contribution in [0.5, 0.6) is 0 Å². The number of hydrogen-bond donors (Lipinski definition) is 1. The highest BCUT2D eigenvalue weighted by Gasteiger charge is 2.26. The SMILES string of the molecule is CCCCC/C=C\C/C=C\C/C=C\C/C=C\CCCC(=O)OC(COCCCCCCCCCCCCCCCC)COP(=O)(O)OCC[N+](C)(C)C. The van der Waals surface area contributed by atoms with Gasteiger partial charge in [-0.3, -0.25) is 13.8 Å². The number of ether oxygens (including phenoxy) is 2. The number of esters is 1. The Hall–Kier alpha value is -1.54. The van der Waals surface area contributed by atoms with Crippen molar-refractivity contribution in [2.75, 3.05) is 54.1 Å². The van der Waals surface area contributed by atoms with Crippen molar-refractivity contribution in [2.24, 2.45) is 0 Å². The van der Waals surface area contributed by atoms with Gasteiger partial charge in [-0.2, -0.15) is 0 Å². The second-order valence-electron chi connectivity index (χ2n) is 15.4. The van der Waals surface area contributed by atoms with Gasteiger partial charge in [-0.15, -0.1) is 0 Å². The molecule has 9 heteroatoms. The minimum atomic E-state index is -4.29. The first-order valence-electron chi connectivity index (χ1n) is 21.4. The molecule has 0 saturated carbocycles. The maximum absolute atomic E-state index is 12.6. The normalized spacial score (nSPS) is 14.3. The van der Waals surface area contributed by atoms with Crippen molar-refractivity contribution in [2.45, 2.75) is 174 Å². The van der Waals surface area contributed by atoms with Crippen molar-refractivity contribution >= 4 is 13.8 Å². The summed E-state index contributed by atoms with van der Waals surface area (Å²) in [6, 6.07) is 0. The minimum Gasteiger partial charge on any atom is -0.457 e. The first-order valence-corrected chi connectivity index (χ1v) is 22.9. The molecular weight excluding hydrogens is 685 g/mol. The molecule has 0 saturated heterocycles. The van der Waals surface area contributed by atoms with Crippen LogP contribution < -0.4 is 0 Å². The van der Waals surface area contributed by atoms with Crippen LogP contribution in [0.15, 0.2) is 48.6 Å². The smallest absolute Gasteiger partial charge is 0.457 e. The number of allylic oxidation sites excluding steroid dienone is 8. The van der Waals surface area contributed by atoms with Gasteiger partial charge in [0, 0.05) is 13.0 Å². The summed E-state index contributed by atoms with van der Waals surface area (Å²) < 4.78 is 34.9. The molecule has 0 heterocycles. The number of unbranched alkanes of at least 4 members (excludes halogenated alkanes) is 17. The lowest BCUT2D eigenvalue weighted by atomic mass is 10.0. The molecule has 0 rings (SSSR count). The van der Waals surface area contributed by atoms with Crippen molar-refractivity contribution in [3.8, 4) is 0 Å². The van der Waals surface area contributed by atoms with Crippen LogP contribution in [-0.2, 0) is 27.9 Å². The van der Waals surface area contributed by atoms with E-state index in [2.05, 4.69) is 62.5 Å². The van der Waals surface area contributed by atoms with E-state index in [1.54, 1.807) is 0 Å². The Bertz CT molecular complexity index is 989. The van der Waals surface area contributed by atoms with Gasteiger partial charge in [0.15, 0.2) is 0 Å². The average molecular weight is 769 g/mol. The molecule has 0 aromatic rings. The van der Waals surface area contributed by atoms with E-state index >= 15 is 0 Å². The number of quaternary nitrogens is 1. The molecule has 0 fully saturated rings. The molecule has 0 aliphatic carbocycles. The standard InChI is InChI=1S/C44H82NO7P/c1-6-8-10-12-14-16-18-20-22-23-24-25-27-29-31-33-35-37-44(46)52-43(42-51-53(47,48)50-40-38-45(3,4)5)41-49-39-36-34-32-30-28-26-21-19-17-15-13-11-9-7-2/h14,16,20,22,24-25,29,31,43H,6-13,15,17-19,21,23,26-28,30,32-42H2,1-5H3/p+1/b16-14-,22-20-,25-24-,31-29-. The highest BCUT2D eigenvalue weighted by atomic mass is 31.2. The van der Waals surface area contributed by atoms with Crippen molar-refractivity contribution in [1.29, 1.82) is 0 Å². The van der Waals surface area contributed by atoms with E-state index in [1.807, 2.05) is 21.1 Å². The predicted molar refractivity (Wildman–Crippen MR) is 224 cm³/mol. The summed E-state index contributed by atoms with van der Waals surface area (Å²) >= 11 is 0. The average Bonchev–Trinajstić information content (AvgIpc) is 3.11. The Balaban J connectivity index is 4.36. The van der Waals surface area contributed by atoms with Gasteiger partial charge in [0.2, 0.25) is 0 Å². The fourth-order valence-corrected chi connectivity index (χ4v) is 6.29. The molecule has 0 aliphatic rings. The number of phosphoric ester groups is 1. The Morgan fingerprint density at radius 3 is 1.55 bits per heavy atom. The summed E-state index contributed by atoms with van der Waals surface area (Å²) in [5.74, 6) is -0.367. The van der Waals surface area contributed by atoms with Crippen LogP contribution in [0.2, 0.25) is 0 Å².